The second-order valence-electron chi connectivity index (χ2n) is 7.07. The molecule has 4 nitrogen and oxygen atoms in total. The molecule has 0 spiro atoms. The predicted molar refractivity (Wildman–Crippen MR) is 81.1 cm³/mol. The Morgan fingerprint density at radius 2 is 2.25 bits per heavy atom. The van der Waals surface area contributed by atoms with Crippen molar-refractivity contribution in [3.8, 4) is 0 Å². The average molecular weight is 296 g/mol. The second kappa shape index (κ2) is 5.45. The Labute approximate surface area is 124 Å². The summed E-state index contributed by atoms with van der Waals surface area (Å²) in [7, 11) is 0. The Morgan fingerprint density at radius 1 is 1.55 bits per heavy atom. The summed E-state index contributed by atoms with van der Waals surface area (Å²) in [5, 5.41) is 12.6. The number of rotatable bonds is 3. The molecule has 0 aliphatic carbocycles. The average Bonchev–Trinajstić information content (AvgIpc) is 2.77. The minimum absolute atomic E-state index is 0.0837. The van der Waals surface area contributed by atoms with Crippen molar-refractivity contribution >= 4 is 17.3 Å². The number of aliphatic carboxylic acids is 1. The van der Waals surface area contributed by atoms with Crippen LogP contribution in [0.4, 0.5) is 0 Å². The zero-order valence-electron chi connectivity index (χ0n) is 12.8. The van der Waals surface area contributed by atoms with Gasteiger partial charge in [0.25, 0.3) is 0 Å². The van der Waals surface area contributed by atoms with E-state index in [9.17, 15) is 9.90 Å². The lowest BCUT2D eigenvalue weighted by atomic mass is 9.82. The van der Waals surface area contributed by atoms with Crippen LogP contribution in [0.5, 0.6) is 0 Å². The lowest BCUT2D eigenvalue weighted by molar-refractivity contribution is -0.151. The summed E-state index contributed by atoms with van der Waals surface area (Å²) in [5.41, 5.74) is 0.538. The van der Waals surface area contributed by atoms with Crippen molar-refractivity contribution in [2.75, 3.05) is 13.1 Å². The monoisotopic (exact) mass is 296 g/mol. The Bertz CT molecular complexity index is 492. The third-order valence-electron chi connectivity index (χ3n) is 3.87. The molecular formula is C15H24N2O2S. The van der Waals surface area contributed by atoms with Gasteiger partial charge in [-0.2, -0.15) is 0 Å². The maximum absolute atomic E-state index is 11.4. The second-order valence-corrected chi connectivity index (χ2v) is 7.93. The highest BCUT2D eigenvalue weighted by molar-refractivity contribution is 7.09. The molecule has 1 N–H and O–H groups in total. The molecule has 0 saturated carbocycles. The van der Waals surface area contributed by atoms with Crippen LogP contribution in [0.1, 0.15) is 51.2 Å². The zero-order valence-corrected chi connectivity index (χ0v) is 13.6. The van der Waals surface area contributed by atoms with Crippen molar-refractivity contribution in [3.63, 3.8) is 0 Å². The largest absolute Gasteiger partial charge is 0.481 e. The summed E-state index contributed by atoms with van der Waals surface area (Å²) >= 11 is 1.70. The number of carboxylic acid groups (broad SMARTS) is 1. The molecule has 20 heavy (non-hydrogen) atoms. The van der Waals surface area contributed by atoms with Crippen molar-refractivity contribution in [1.29, 1.82) is 0 Å². The highest BCUT2D eigenvalue weighted by Crippen LogP contribution is 2.31. The van der Waals surface area contributed by atoms with Crippen molar-refractivity contribution in [1.82, 2.24) is 9.88 Å². The van der Waals surface area contributed by atoms with E-state index in [-0.39, 0.29) is 5.41 Å². The van der Waals surface area contributed by atoms with Gasteiger partial charge in [0, 0.05) is 23.9 Å². The molecule has 1 atom stereocenters. The standard InChI is InChI=1S/C15H24N2O2S/c1-14(2,3)12-16-11(9-20-12)8-17-7-5-6-15(4,10-17)13(18)19/h9H,5-8,10H2,1-4H3,(H,18,19). The number of aromatic nitrogens is 1. The van der Waals surface area contributed by atoms with Crippen LogP contribution in [-0.2, 0) is 16.8 Å². The first-order valence-electron chi connectivity index (χ1n) is 7.11. The molecule has 112 valence electrons. The molecule has 1 aliphatic rings. The number of carbonyl (C=O) groups is 1. The number of hydrogen-bond acceptors (Lipinski definition) is 4. The molecule has 1 unspecified atom stereocenters. The zero-order chi connectivity index (χ0) is 15.0. The summed E-state index contributed by atoms with van der Waals surface area (Å²) in [6, 6.07) is 0. The van der Waals surface area contributed by atoms with E-state index in [2.05, 4.69) is 31.1 Å². The van der Waals surface area contributed by atoms with Crippen molar-refractivity contribution < 1.29 is 9.90 Å². The molecule has 0 radical (unpaired) electrons. The lowest BCUT2D eigenvalue weighted by Gasteiger charge is -2.37. The van der Waals surface area contributed by atoms with Gasteiger partial charge >= 0.3 is 5.97 Å². The van der Waals surface area contributed by atoms with Gasteiger partial charge < -0.3 is 5.11 Å². The third-order valence-corrected chi connectivity index (χ3v) is 5.19. The first kappa shape index (κ1) is 15.4. The number of hydrogen-bond donors (Lipinski definition) is 1. The minimum atomic E-state index is -0.684. The molecule has 2 heterocycles. The van der Waals surface area contributed by atoms with Gasteiger partial charge in [-0.1, -0.05) is 20.8 Å². The van der Waals surface area contributed by atoms with E-state index in [1.54, 1.807) is 11.3 Å². The smallest absolute Gasteiger partial charge is 0.310 e. The Morgan fingerprint density at radius 3 is 2.80 bits per heavy atom. The van der Waals surface area contributed by atoms with Gasteiger partial charge in [-0.3, -0.25) is 9.69 Å². The van der Waals surface area contributed by atoms with Crippen LogP contribution >= 0.6 is 11.3 Å². The number of thiazole rings is 1. The molecule has 0 amide bonds. The predicted octanol–water partition coefficient (Wildman–Crippen LogP) is 3.13. The van der Waals surface area contributed by atoms with Gasteiger partial charge in [-0.25, -0.2) is 4.98 Å². The van der Waals surface area contributed by atoms with E-state index >= 15 is 0 Å². The van der Waals surface area contributed by atoms with Gasteiger partial charge in [0.2, 0.25) is 0 Å². The van der Waals surface area contributed by atoms with Gasteiger partial charge in [0.15, 0.2) is 0 Å². The van der Waals surface area contributed by atoms with E-state index < -0.39 is 11.4 Å². The van der Waals surface area contributed by atoms with Gasteiger partial charge in [0.1, 0.15) is 0 Å². The van der Waals surface area contributed by atoms with Crippen LogP contribution in [0.2, 0.25) is 0 Å². The molecule has 1 fully saturated rings. The number of carboxylic acids is 1. The van der Waals surface area contributed by atoms with Crippen LogP contribution in [-0.4, -0.2) is 34.0 Å². The quantitative estimate of drug-likeness (QED) is 0.931. The fourth-order valence-corrected chi connectivity index (χ4v) is 3.51. The number of likely N-dealkylation sites (tertiary alicyclic amines) is 1. The molecule has 0 bridgehead atoms. The molecule has 1 aromatic rings. The summed E-state index contributed by atoms with van der Waals surface area (Å²) < 4.78 is 0. The maximum Gasteiger partial charge on any atom is 0.310 e. The molecule has 5 heteroatoms. The fourth-order valence-electron chi connectivity index (χ4n) is 2.61. The molecule has 1 saturated heterocycles. The lowest BCUT2D eigenvalue weighted by Crippen LogP contribution is -2.45. The van der Waals surface area contributed by atoms with Gasteiger partial charge in [0.05, 0.1) is 16.1 Å². The van der Waals surface area contributed by atoms with Crippen LogP contribution in [0.3, 0.4) is 0 Å². The molecule has 0 aromatic carbocycles. The number of piperidine rings is 1. The van der Waals surface area contributed by atoms with E-state index in [4.69, 9.17) is 4.98 Å². The molecular weight excluding hydrogens is 272 g/mol. The van der Waals surface area contributed by atoms with Crippen LogP contribution in [0, 0.1) is 5.41 Å². The van der Waals surface area contributed by atoms with Crippen LogP contribution in [0.15, 0.2) is 5.38 Å². The van der Waals surface area contributed by atoms with Crippen LogP contribution < -0.4 is 0 Å². The molecule has 1 aliphatic heterocycles. The van der Waals surface area contributed by atoms with Gasteiger partial charge in [-0.15, -0.1) is 11.3 Å². The Kier molecular flexibility index (Phi) is 4.21. The third kappa shape index (κ3) is 3.38. The van der Waals surface area contributed by atoms with Crippen molar-refractivity contribution in [3.05, 3.63) is 16.1 Å². The highest BCUT2D eigenvalue weighted by Gasteiger charge is 2.37. The van der Waals surface area contributed by atoms with E-state index in [1.165, 1.54) is 0 Å². The topological polar surface area (TPSA) is 53.4 Å². The van der Waals surface area contributed by atoms with Crippen molar-refractivity contribution in [2.45, 2.75) is 52.5 Å². The van der Waals surface area contributed by atoms with Crippen LogP contribution in [0.25, 0.3) is 0 Å². The SMILES string of the molecule is CC1(C(=O)O)CCCN(Cc2csc(C(C)(C)C)n2)C1. The Hall–Kier alpha value is -0.940. The van der Waals surface area contributed by atoms with Crippen molar-refractivity contribution in [2.24, 2.45) is 5.41 Å². The van der Waals surface area contributed by atoms with E-state index in [0.29, 0.717) is 6.54 Å². The van der Waals surface area contributed by atoms with Gasteiger partial charge in [-0.05, 0) is 26.3 Å². The normalized spacial score (nSPS) is 24.8. The minimum Gasteiger partial charge on any atom is -0.481 e. The first-order chi connectivity index (χ1) is 9.21. The highest BCUT2D eigenvalue weighted by atomic mass is 32.1. The number of nitrogens with zero attached hydrogens (tertiary/aromatic N) is 2. The molecule has 2 rings (SSSR count). The maximum atomic E-state index is 11.4. The summed E-state index contributed by atoms with van der Waals surface area (Å²) in [4.78, 5) is 18.3. The first-order valence-corrected chi connectivity index (χ1v) is 7.99. The summed E-state index contributed by atoms with van der Waals surface area (Å²) in [6.07, 6.45) is 1.71. The summed E-state index contributed by atoms with van der Waals surface area (Å²) in [5.74, 6) is -0.684. The molecule has 1 aromatic heterocycles. The van der Waals surface area contributed by atoms with E-state index in [0.717, 1.165) is 36.6 Å². The Balaban J connectivity index is 2.03. The fraction of sp³-hybridized carbons (Fsp3) is 0.733. The van der Waals surface area contributed by atoms with E-state index in [1.807, 2.05) is 6.92 Å². The summed E-state index contributed by atoms with van der Waals surface area (Å²) in [6.45, 7) is 10.7.